The van der Waals surface area contributed by atoms with E-state index in [9.17, 15) is 8.78 Å². The third-order valence-corrected chi connectivity index (χ3v) is 5.21. The number of hydrogen-bond donors (Lipinski definition) is 0. The zero-order valence-corrected chi connectivity index (χ0v) is 11.6. The van der Waals surface area contributed by atoms with Crippen molar-refractivity contribution in [3.8, 4) is 0 Å². The summed E-state index contributed by atoms with van der Waals surface area (Å²) < 4.78 is 26.5. The van der Waals surface area contributed by atoms with E-state index in [0.717, 1.165) is 31.6 Å². The highest BCUT2D eigenvalue weighted by Crippen LogP contribution is 2.38. The standard InChI is InChI=1S/C16H28F2/c17-16(18)15(14-9-5-2-6-10-14)12-11-13-7-3-1-4-8-13/h13-16H,1-12H2. The molecule has 0 spiro atoms. The third-order valence-electron chi connectivity index (χ3n) is 5.21. The first kappa shape index (κ1) is 14.3. The molecule has 0 aliphatic heterocycles. The van der Waals surface area contributed by atoms with Crippen molar-refractivity contribution in [2.45, 2.75) is 83.5 Å². The van der Waals surface area contributed by atoms with Crippen molar-refractivity contribution >= 4 is 0 Å². The second-order valence-electron chi connectivity index (χ2n) is 6.48. The molecule has 1 unspecified atom stereocenters. The molecule has 18 heavy (non-hydrogen) atoms. The van der Waals surface area contributed by atoms with Crippen molar-refractivity contribution in [1.82, 2.24) is 0 Å². The van der Waals surface area contributed by atoms with Crippen molar-refractivity contribution in [2.24, 2.45) is 17.8 Å². The molecule has 0 amide bonds. The molecule has 0 nitrogen and oxygen atoms in total. The predicted octanol–water partition coefficient (Wildman–Crippen LogP) is 5.81. The Balaban J connectivity index is 1.77. The van der Waals surface area contributed by atoms with Gasteiger partial charge in [-0.15, -0.1) is 0 Å². The molecule has 2 fully saturated rings. The van der Waals surface area contributed by atoms with Crippen molar-refractivity contribution in [3.63, 3.8) is 0 Å². The number of halogens is 2. The summed E-state index contributed by atoms with van der Waals surface area (Å²) in [4.78, 5) is 0. The summed E-state index contributed by atoms with van der Waals surface area (Å²) in [6, 6.07) is 0. The van der Waals surface area contributed by atoms with Crippen molar-refractivity contribution < 1.29 is 8.78 Å². The van der Waals surface area contributed by atoms with Gasteiger partial charge in [0.1, 0.15) is 0 Å². The Morgan fingerprint density at radius 2 is 1.33 bits per heavy atom. The highest BCUT2D eigenvalue weighted by Gasteiger charge is 2.31. The average molecular weight is 258 g/mol. The fourth-order valence-corrected chi connectivity index (χ4v) is 4.03. The van der Waals surface area contributed by atoms with Crippen molar-refractivity contribution in [1.29, 1.82) is 0 Å². The average Bonchev–Trinajstić information content (AvgIpc) is 2.41. The molecule has 2 rings (SSSR count). The van der Waals surface area contributed by atoms with Crippen LogP contribution in [0, 0.1) is 17.8 Å². The van der Waals surface area contributed by atoms with Gasteiger partial charge >= 0.3 is 0 Å². The lowest BCUT2D eigenvalue weighted by atomic mass is 9.76. The summed E-state index contributed by atoms with van der Waals surface area (Å²) in [6.07, 6.45) is 12.1. The van der Waals surface area contributed by atoms with Gasteiger partial charge in [0.05, 0.1) is 0 Å². The summed E-state index contributed by atoms with van der Waals surface area (Å²) in [5.41, 5.74) is 0. The molecule has 0 aromatic rings. The van der Waals surface area contributed by atoms with Crippen LogP contribution in [0.5, 0.6) is 0 Å². The van der Waals surface area contributed by atoms with E-state index < -0.39 is 6.43 Å². The first-order valence-electron chi connectivity index (χ1n) is 8.05. The minimum absolute atomic E-state index is 0.299. The van der Waals surface area contributed by atoms with E-state index in [1.807, 2.05) is 0 Å². The third kappa shape index (κ3) is 4.20. The van der Waals surface area contributed by atoms with Crippen LogP contribution in [-0.2, 0) is 0 Å². The second-order valence-corrected chi connectivity index (χ2v) is 6.48. The van der Waals surface area contributed by atoms with Crippen LogP contribution in [0.25, 0.3) is 0 Å². The lowest BCUT2D eigenvalue weighted by Gasteiger charge is -2.31. The highest BCUT2D eigenvalue weighted by molar-refractivity contribution is 4.77. The second kappa shape index (κ2) is 7.45. The Morgan fingerprint density at radius 1 is 0.778 bits per heavy atom. The van der Waals surface area contributed by atoms with E-state index in [1.165, 1.54) is 51.4 Å². The molecular weight excluding hydrogens is 230 g/mol. The predicted molar refractivity (Wildman–Crippen MR) is 71.9 cm³/mol. The first-order valence-corrected chi connectivity index (χ1v) is 8.05. The van der Waals surface area contributed by atoms with E-state index in [1.54, 1.807) is 0 Å². The molecule has 0 N–H and O–H groups in total. The fourth-order valence-electron chi connectivity index (χ4n) is 4.03. The van der Waals surface area contributed by atoms with Crippen LogP contribution in [0.15, 0.2) is 0 Å². The summed E-state index contributed by atoms with van der Waals surface area (Å²) in [7, 11) is 0. The van der Waals surface area contributed by atoms with Crippen LogP contribution in [0.1, 0.15) is 77.0 Å². The molecule has 0 aromatic carbocycles. The molecular formula is C16H28F2. The van der Waals surface area contributed by atoms with E-state index in [0.29, 0.717) is 5.92 Å². The normalized spacial score (nSPS) is 25.5. The van der Waals surface area contributed by atoms with Crippen LogP contribution in [0.2, 0.25) is 0 Å². The van der Waals surface area contributed by atoms with E-state index in [4.69, 9.17) is 0 Å². The van der Waals surface area contributed by atoms with Gasteiger partial charge in [-0.1, -0.05) is 51.4 Å². The Kier molecular flexibility index (Phi) is 5.91. The first-order chi connectivity index (χ1) is 8.77. The molecule has 2 saturated carbocycles. The van der Waals surface area contributed by atoms with Crippen molar-refractivity contribution in [3.05, 3.63) is 0 Å². The quantitative estimate of drug-likeness (QED) is 0.584. The lowest BCUT2D eigenvalue weighted by molar-refractivity contribution is 0.0221. The number of alkyl halides is 2. The molecule has 0 radical (unpaired) electrons. The summed E-state index contributed by atoms with van der Waals surface area (Å²) >= 11 is 0. The Labute approximate surface area is 111 Å². The molecule has 2 aliphatic rings. The van der Waals surface area contributed by atoms with Gasteiger partial charge in [-0.25, -0.2) is 8.78 Å². The van der Waals surface area contributed by atoms with Crippen LogP contribution < -0.4 is 0 Å². The summed E-state index contributed by atoms with van der Waals surface area (Å²) in [5.74, 6) is 0.776. The molecule has 1 atom stereocenters. The summed E-state index contributed by atoms with van der Waals surface area (Å²) in [5, 5.41) is 0. The minimum atomic E-state index is -2.09. The minimum Gasteiger partial charge on any atom is -0.210 e. The maximum absolute atomic E-state index is 13.2. The van der Waals surface area contributed by atoms with E-state index in [-0.39, 0.29) is 5.92 Å². The van der Waals surface area contributed by atoms with E-state index in [2.05, 4.69) is 0 Å². The van der Waals surface area contributed by atoms with Crippen LogP contribution in [0.4, 0.5) is 8.78 Å². The Hall–Kier alpha value is -0.140. The maximum atomic E-state index is 13.2. The van der Waals surface area contributed by atoms with Gasteiger partial charge in [-0.05, 0) is 37.5 Å². The van der Waals surface area contributed by atoms with Gasteiger partial charge in [-0.3, -0.25) is 0 Å². The van der Waals surface area contributed by atoms with Crippen LogP contribution >= 0.6 is 0 Å². The van der Waals surface area contributed by atoms with Gasteiger partial charge in [0.15, 0.2) is 0 Å². The topological polar surface area (TPSA) is 0 Å². The van der Waals surface area contributed by atoms with E-state index >= 15 is 0 Å². The monoisotopic (exact) mass is 258 g/mol. The smallest absolute Gasteiger partial charge is 0.210 e. The molecule has 106 valence electrons. The molecule has 0 bridgehead atoms. The van der Waals surface area contributed by atoms with Gasteiger partial charge in [-0.2, -0.15) is 0 Å². The Bertz CT molecular complexity index is 215. The van der Waals surface area contributed by atoms with Crippen LogP contribution in [0.3, 0.4) is 0 Å². The van der Waals surface area contributed by atoms with Gasteiger partial charge in [0.25, 0.3) is 0 Å². The number of rotatable bonds is 5. The zero-order chi connectivity index (χ0) is 12.8. The highest BCUT2D eigenvalue weighted by atomic mass is 19.3. The van der Waals surface area contributed by atoms with Crippen molar-refractivity contribution in [2.75, 3.05) is 0 Å². The van der Waals surface area contributed by atoms with Gasteiger partial charge in [0.2, 0.25) is 6.43 Å². The van der Waals surface area contributed by atoms with Gasteiger partial charge < -0.3 is 0 Å². The van der Waals surface area contributed by atoms with Crippen LogP contribution in [-0.4, -0.2) is 6.43 Å². The largest absolute Gasteiger partial charge is 0.241 e. The maximum Gasteiger partial charge on any atom is 0.241 e. The molecule has 2 heteroatoms. The Morgan fingerprint density at radius 3 is 1.89 bits per heavy atom. The molecule has 2 aliphatic carbocycles. The summed E-state index contributed by atoms with van der Waals surface area (Å²) in [6.45, 7) is 0. The SMILES string of the molecule is FC(F)C(CCC1CCCCC1)C1CCCCC1. The number of hydrogen-bond acceptors (Lipinski definition) is 0. The lowest BCUT2D eigenvalue weighted by Crippen LogP contribution is -2.25. The fraction of sp³-hybridized carbons (Fsp3) is 1.00. The zero-order valence-electron chi connectivity index (χ0n) is 11.6. The molecule has 0 aromatic heterocycles. The molecule has 0 saturated heterocycles. The molecule has 0 heterocycles. The van der Waals surface area contributed by atoms with Gasteiger partial charge in [0, 0.05) is 5.92 Å².